The Kier molecular flexibility index (Phi) is 1.94. The summed E-state index contributed by atoms with van der Waals surface area (Å²) < 4.78 is 0. The molecule has 3 nitrogen and oxygen atoms in total. The molecule has 0 bridgehead atoms. The quantitative estimate of drug-likeness (QED) is 0.562. The third kappa shape index (κ3) is 1.29. The summed E-state index contributed by atoms with van der Waals surface area (Å²) in [6, 6.07) is 0. The third-order valence-electron chi connectivity index (χ3n) is 2.19. The Labute approximate surface area is 59.7 Å². The Balaban J connectivity index is 2.49. The van der Waals surface area contributed by atoms with Crippen LogP contribution in [0.25, 0.3) is 0 Å². The molecule has 0 aliphatic heterocycles. The largest absolute Gasteiger partial charge is 0.481 e. The topological polar surface area (TPSA) is 57.5 Å². The molecule has 0 unspecified atom stereocenters. The number of aliphatic hydroxyl groups is 1. The highest BCUT2D eigenvalue weighted by atomic mass is 16.4. The Morgan fingerprint density at radius 1 is 1.50 bits per heavy atom. The van der Waals surface area contributed by atoms with Crippen molar-refractivity contribution in [2.24, 2.45) is 11.8 Å². The van der Waals surface area contributed by atoms with Gasteiger partial charge in [0.05, 0.1) is 12.0 Å². The lowest BCUT2D eigenvalue weighted by Crippen LogP contribution is -2.10. The van der Waals surface area contributed by atoms with Crippen molar-refractivity contribution in [3.8, 4) is 0 Å². The second kappa shape index (κ2) is 2.58. The molecule has 0 amide bonds. The summed E-state index contributed by atoms with van der Waals surface area (Å²) in [7, 11) is 0. The standard InChI is InChI=1S/C7H12O3/c1-4-2-5(7(9)10)3-6(4)8/h4-6,8H,2-3H2,1H3,(H,9,10)/t4-,5+,6-/m1/s1. The molecule has 1 aliphatic rings. The number of carboxylic acids is 1. The smallest absolute Gasteiger partial charge is 0.306 e. The summed E-state index contributed by atoms with van der Waals surface area (Å²) >= 11 is 0. The highest BCUT2D eigenvalue weighted by Crippen LogP contribution is 2.30. The average molecular weight is 144 g/mol. The van der Waals surface area contributed by atoms with Gasteiger partial charge >= 0.3 is 5.97 Å². The normalized spacial score (nSPS) is 40.0. The van der Waals surface area contributed by atoms with Crippen LogP contribution in [0, 0.1) is 11.8 Å². The summed E-state index contributed by atoms with van der Waals surface area (Å²) in [4.78, 5) is 10.4. The second-order valence-electron chi connectivity index (χ2n) is 3.05. The zero-order valence-electron chi connectivity index (χ0n) is 5.95. The van der Waals surface area contributed by atoms with Gasteiger partial charge in [-0.25, -0.2) is 0 Å². The maximum Gasteiger partial charge on any atom is 0.306 e. The van der Waals surface area contributed by atoms with Crippen molar-refractivity contribution in [2.75, 3.05) is 0 Å². The summed E-state index contributed by atoms with van der Waals surface area (Å²) in [5.74, 6) is -0.936. The number of rotatable bonds is 1. The molecule has 0 aromatic carbocycles. The summed E-state index contributed by atoms with van der Waals surface area (Å²) in [5.41, 5.74) is 0. The Bertz CT molecular complexity index is 134. The summed E-state index contributed by atoms with van der Waals surface area (Å²) in [6.45, 7) is 1.88. The molecule has 0 aromatic heterocycles. The van der Waals surface area contributed by atoms with Crippen molar-refractivity contribution in [3.05, 3.63) is 0 Å². The van der Waals surface area contributed by atoms with Gasteiger partial charge in [-0.15, -0.1) is 0 Å². The minimum absolute atomic E-state index is 0.154. The predicted octanol–water partition coefficient (Wildman–Crippen LogP) is 0.478. The molecule has 3 atom stereocenters. The van der Waals surface area contributed by atoms with Gasteiger partial charge in [0, 0.05) is 0 Å². The lowest BCUT2D eigenvalue weighted by Gasteiger charge is -2.03. The van der Waals surface area contributed by atoms with Crippen LogP contribution in [0.5, 0.6) is 0 Å². The van der Waals surface area contributed by atoms with Crippen LogP contribution in [0.1, 0.15) is 19.8 Å². The van der Waals surface area contributed by atoms with E-state index in [0.717, 1.165) is 0 Å². The minimum Gasteiger partial charge on any atom is -0.481 e. The average Bonchev–Trinajstić information content (AvgIpc) is 2.13. The number of hydrogen-bond acceptors (Lipinski definition) is 2. The molecular weight excluding hydrogens is 132 g/mol. The molecule has 0 spiro atoms. The number of aliphatic hydroxyl groups excluding tert-OH is 1. The van der Waals surface area contributed by atoms with Crippen LogP contribution in [-0.4, -0.2) is 22.3 Å². The van der Waals surface area contributed by atoms with Gasteiger partial charge in [-0.2, -0.15) is 0 Å². The van der Waals surface area contributed by atoms with E-state index in [2.05, 4.69) is 0 Å². The van der Waals surface area contributed by atoms with E-state index in [0.29, 0.717) is 12.8 Å². The van der Waals surface area contributed by atoms with Crippen molar-refractivity contribution in [3.63, 3.8) is 0 Å². The zero-order chi connectivity index (χ0) is 7.72. The molecule has 58 valence electrons. The maximum atomic E-state index is 10.4. The molecule has 0 heterocycles. The van der Waals surface area contributed by atoms with Gasteiger partial charge < -0.3 is 10.2 Å². The monoisotopic (exact) mass is 144 g/mol. The molecule has 0 radical (unpaired) electrons. The van der Waals surface area contributed by atoms with Crippen LogP contribution in [-0.2, 0) is 4.79 Å². The van der Waals surface area contributed by atoms with Gasteiger partial charge in [0.2, 0.25) is 0 Å². The SMILES string of the molecule is C[C@@H]1C[C@H](C(=O)O)C[C@H]1O. The Morgan fingerprint density at radius 2 is 2.10 bits per heavy atom. The maximum absolute atomic E-state index is 10.4. The lowest BCUT2D eigenvalue weighted by atomic mass is 10.1. The lowest BCUT2D eigenvalue weighted by molar-refractivity contribution is -0.141. The summed E-state index contributed by atoms with van der Waals surface area (Å²) in [6.07, 6.45) is 0.647. The molecule has 1 rings (SSSR count). The van der Waals surface area contributed by atoms with E-state index in [-0.39, 0.29) is 11.8 Å². The number of carboxylic acid groups (broad SMARTS) is 1. The van der Waals surface area contributed by atoms with Crippen molar-refractivity contribution in [1.29, 1.82) is 0 Å². The van der Waals surface area contributed by atoms with Crippen LogP contribution in [0.15, 0.2) is 0 Å². The van der Waals surface area contributed by atoms with Gasteiger partial charge in [0.1, 0.15) is 0 Å². The first-order valence-corrected chi connectivity index (χ1v) is 3.52. The van der Waals surface area contributed by atoms with Crippen molar-refractivity contribution < 1.29 is 15.0 Å². The van der Waals surface area contributed by atoms with E-state index in [9.17, 15) is 4.79 Å². The second-order valence-corrected chi connectivity index (χ2v) is 3.05. The fraction of sp³-hybridized carbons (Fsp3) is 0.857. The van der Waals surface area contributed by atoms with E-state index in [1.807, 2.05) is 6.92 Å². The zero-order valence-corrected chi connectivity index (χ0v) is 5.95. The Hall–Kier alpha value is -0.570. The fourth-order valence-electron chi connectivity index (χ4n) is 1.43. The predicted molar refractivity (Wildman–Crippen MR) is 35.5 cm³/mol. The van der Waals surface area contributed by atoms with Gasteiger partial charge in [-0.1, -0.05) is 6.92 Å². The van der Waals surface area contributed by atoms with Crippen molar-refractivity contribution in [1.82, 2.24) is 0 Å². The van der Waals surface area contributed by atoms with Gasteiger partial charge in [-0.3, -0.25) is 4.79 Å². The molecule has 3 heteroatoms. The molecule has 1 saturated carbocycles. The van der Waals surface area contributed by atoms with Crippen LogP contribution >= 0.6 is 0 Å². The molecule has 10 heavy (non-hydrogen) atoms. The van der Waals surface area contributed by atoms with Gasteiger partial charge in [-0.05, 0) is 18.8 Å². The first kappa shape index (κ1) is 7.54. The minimum atomic E-state index is -0.775. The van der Waals surface area contributed by atoms with E-state index >= 15 is 0 Å². The van der Waals surface area contributed by atoms with E-state index < -0.39 is 12.1 Å². The van der Waals surface area contributed by atoms with Crippen molar-refractivity contribution >= 4 is 5.97 Å². The molecular formula is C7H12O3. The van der Waals surface area contributed by atoms with Crippen LogP contribution in [0.4, 0.5) is 0 Å². The first-order chi connectivity index (χ1) is 4.61. The molecule has 1 aliphatic carbocycles. The van der Waals surface area contributed by atoms with Crippen LogP contribution in [0.3, 0.4) is 0 Å². The number of hydrogen-bond donors (Lipinski definition) is 2. The molecule has 0 aromatic rings. The third-order valence-corrected chi connectivity index (χ3v) is 2.19. The molecule has 1 fully saturated rings. The van der Waals surface area contributed by atoms with E-state index in [1.165, 1.54) is 0 Å². The fourth-order valence-corrected chi connectivity index (χ4v) is 1.43. The molecule has 2 N–H and O–H groups in total. The number of carbonyl (C=O) groups is 1. The number of aliphatic carboxylic acids is 1. The summed E-state index contributed by atoms with van der Waals surface area (Å²) in [5, 5.41) is 17.7. The molecule has 0 saturated heterocycles. The van der Waals surface area contributed by atoms with Gasteiger partial charge in [0.25, 0.3) is 0 Å². The highest BCUT2D eigenvalue weighted by molar-refractivity contribution is 5.70. The van der Waals surface area contributed by atoms with Crippen molar-refractivity contribution in [2.45, 2.75) is 25.9 Å². The van der Waals surface area contributed by atoms with Gasteiger partial charge in [0.15, 0.2) is 0 Å². The van der Waals surface area contributed by atoms with E-state index in [1.54, 1.807) is 0 Å². The van der Waals surface area contributed by atoms with E-state index in [4.69, 9.17) is 10.2 Å². The first-order valence-electron chi connectivity index (χ1n) is 3.52. The van der Waals surface area contributed by atoms with Crippen LogP contribution in [0.2, 0.25) is 0 Å². The Morgan fingerprint density at radius 3 is 2.30 bits per heavy atom. The van der Waals surface area contributed by atoms with Crippen LogP contribution < -0.4 is 0 Å². The highest BCUT2D eigenvalue weighted by Gasteiger charge is 2.33.